The summed E-state index contributed by atoms with van der Waals surface area (Å²) < 4.78 is 29.5. The number of hydrogen-bond acceptors (Lipinski definition) is 4. The Morgan fingerprint density at radius 3 is 1.85 bits per heavy atom. The smallest absolute Gasteiger partial charge is 0.325 e. The summed E-state index contributed by atoms with van der Waals surface area (Å²) in [5.41, 5.74) is 0. The van der Waals surface area contributed by atoms with Gasteiger partial charge in [0.05, 0.1) is 5.92 Å². The molecule has 0 heterocycles. The van der Waals surface area contributed by atoms with E-state index in [2.05, 4.69) is 12.6 Å². The predicted molar refractivity (Wildman–Crippen MR) is 46.1 cm³/mol. The summed E-state index contributed by atoms with van der Waals surface area (Å²) >= 11 is 3.28. The van der Waals surface area contributed by atoms with Crippen LogP contribution in [-0.2, 0) is 19.7 Å². The van der Waals surface area contributed by atoms with Crippen molar-refractivity contribution in [3.63, 3.8) is 0 Å². The van der Waals surface area contributed by atoms with Crippen molar-refractivity contribution in [2.45, 2.75) is 12.2 Å². The van der Waals surface area contributed by atoms with Gasteiger partial charge in [-0.3, -0.25) is 14.1 Å². The minimum absolute atomic E-state index is 0.912. The number of carboxylic acids is 1. The fourth-order valence-electron chi connectivity index (χ4n) is 0.729. The molecule has 13 heavy (non-hydrogen) atoms. The van der Waals surface area contributed by atoms with Crippen molar-refractivity contribution in [2.75, 3.05) is 0 Å². The lowest BCUT2D eigenvalue weighted by molar-refractivity contribution is -0.138. The SMILES string of the molecule is CC(C(=O)S)C(C(=O)O)S(=O)(=O)O. The van der Waals surface area contributed by atoms with Crippen LogP contribution in [0.4, 0.5) is 0 Å². The molecule has 2 N–H and O–H groups in total. The van der Waals surface area contributed by atoms with Crippen LogP contribution in [0.5, 0.6) is 0 Å². The second kappa shape index (κ2) is 4.07. The molecule has 8 heteroatoms. The second-order valence-electron chi connectivity index (χ2n) is 2.40. The Kier molecular flexibility index (Phi) is 3.88. The van der Waals surface area contributed by atoms with E-state index < -0.39 is 32.4 Å². The van der Waals surface area contributed by atoms with E-state index in [1.807, 2.05) is 0 Å². The first-order valence-corrected chi connectivity index (χ1v) is 5.05. The summed E-state index contributed by atoms with van der Waals surface area (Å²) in [5, 5.41) is 5.34. The Morgan fingerprint density at radius 1 is 1.38 bits per heavy atom. The molecule has 0 aliphatic heterocycles. The van der Waals surface area contributed by atoms with Crippen molar-refractivity contribution >= 4 is 33.8 Å². The minimum atomic E-state index is -4.78. The molecule has 0 aromatic rings. The molecule has 0 amide bonds. The summed E-state index contributed by atoms with van der Waals surface area (Å²) in [6.45, 7) is 1.06. The van der Waals surface area contributed by atoms with Crippen molar-refractivity contribution in [3.8, 4) is 0 Å². The van der Waals surface area contributed by atoms with Crippen LogP contribution in [0.1, 0.15) is 6.92 Å². The van der Waals surface area contributed by atoms with Crippen molar-refractivity contribution in [3.05, 3.63) is 0 Å². The second-order valence-corrected chi connectivity index (χ2v) is 4.38. The van der Waals surface area contributed by atoms with Gasteiger partial charge in [0.25, 0.3) is 10.1 Å². The predicted octanol–water partition coefficient (Wildman–Crippen LogP) is -0.580. The molecule has 0 radical (unpaired) electrons. The van der Waals surface area contributed by atoms with E-state index in [1.54, 1.807) is 0 Å². The van der Waals surface area contributed by atoms with Crippen LogP contribution in [0, 0.1) is 5.92 Å². The van der Waals surface area contributed by atoms with Gasteiger partial charge in [0.15, 0.2) is 10.4 Å². The van der Waals surface area contributed by atoms with E-state index in [-0.39, 0.29) is 0 Å². The number of aliphatic carboxylic acids is 1. The quantitative estimate of drug-likeness (QED) is 0.439. The van der Waals surface area contributed by atoms with Gasteiger partial charge in [-0.05, 0) is 0 Å². The molecule has 0 aromatic carbocycles. The largest absolute Gasteiger partial charge is 0.480 e. The highest BCUT2D eigenvalue weighted by atomic mass is 32.2. The van der Waals surface area contributed by atoms with Gasteiger partial charge < -0.3 is 5.11 Å². The van der Waals surface area contributed by atoms with Crippen molar-refractivity contribution in [1.82, 2.24) is 0 Å². The maximum absolute atomic E-state index is 10.6. The van der Waals surface area contributed by atoms with Gasteiger partial charge in [0.2, 0.25) is 0 Å². The summed E-state index contributed by atoms with van der Waals surface area (Å²) in [5.74, 6) is -3.17. The molecule has 76 valence electrons. The van der Waals surface area contributed by atoms with E-state index >= 15 is 0 Å². The standard InChI is InChI=1S/C5H8O6S2/c1-2(5(8)12)3(4(6)7)13(9,10)11/h2-3H,1H3,(H,6,7)(H,8,12)(H,9,10,11). The summed E-state index contributed by atoms with van der Waals surface area (Å²) in [6, 6.07) is 0. The van der Waals surface area contributed by atoms with Crippen LogP contribution >= 0.6 is 12.6 Å². The molecule has 0 rings (SSSR count). The number of carbonyl (C=O) groups is 2. The average molecular weight is 228 g/mol. The van der Waals surface area contributed by atoms with Gasteiger partial charge in [-0.1, -0.05) is 6.92 Å². The van der Waals surface area contributed by atoms with Crippen LogP contribution in [0.25, 0.3) is 0 Å². The Bertz CT molecular complexity index is 318. The zero-order chi connectivity index (χ0) is 10.8. The first-order valence-electron chi connectivity index (χ1n) is 3.10. The van der Waals surface area contributed by atoms with E-state index in [9.17, 15) is 18.0 Å². The third-order valence-electron chi connectivity index (χ3n) is 1.41. The lowest BCUT2D eigenvalue weighted by Gasteiger charge is -2.13. The highest BCUT2D eigenvalue weighted by molar-refractivity contribution is 7.96. The molecule has 0 fully saturated rings. The maximum atomic E-state index is 10.6. The third kappa shape index (κ3) is 3.33. The van der Waals surface area contributed by atoms with Gasteiger partial charge in [0, 0.05) is 0 Å². The summed E-state index contributed by atoms with van der Waals surface area (Å²) in [4.78, 5) is 20.9. The summed E-state index contributed by atoms with van der Waals surface area (Å²) in [7, 11) is -4.78. The first-order chi connectivity index (χ1) is 5.68. The highest BCUT2D eigenvalue weighted by Gasteiger charge is 2.38. The number of carboxylic acid groups (broad SMARTS) is 1. The molecular weight excluding hydrogens is 220 g/mol. The van der Waals surface area contributed by atoms with Crippen LogP contribution in [0.2, 0.25) is 0 Å². The molecule has 2 unspecified atom stereocenters. The Hall–Kier alpha value is -0.600. The molecule has 0 aliphatic rings. The number of thiol groups is 1. The molecule has 0 aromatic heterocycles. The lowest BCUT2D eigenvalue weighted by Crippen LogP contribution is -2.38. The topological polar surface area (TPSA) is 109 Å². The van der Waals surface area contributed by atoms with Crippen LogP contribution in [0.15, 0.2) is 0 Å². The van der Waals surface area contributed by atoms with Gasteiger partial charge in [0.1, 0.15) is 0 Å². The molecule has 0 spiro atoms. The Labute approximate surface area is 80.1 Å². The van der Waals surface area contributed by atoms with E-state index in [0.717, 1.165) is 6.92 Å². The van der Waals surface area contributed by atoms with Gasteiger partial charge in [-0.25, -0.2) is 0 Å². The van der Waals surface area contributed by atoms with E-state index in [1.165, 1.54) is 0 Å². The van der Waals surface area contributed by atoms with Gasteiger partial charge in [-0.15, -0.1) is 12.6 Å². The Morgan fingerprint density at radius 2 is 1.77 bits per heavy atom. The number of rotatable bonds is 4. The summed E-state index contributed by atoms with van der Waals surface area (Å²) in [6.07, 6.45) is 0. The van der Waals surface area contributed by atoms with Gasteiger partial charge >= 0.3 is 5.97 Å². The minimum Gasteiger partial charge on any atom is -0.480 e. The average Bonchev–Trinajstić information content (AvgIpc) is 1.82. The zero-order valence-corrected chi connectivity index (χ0v) is 8.25. The molecule has 0 aliphatic carbocycles. The lowest BCUT2D eigenvalue weighted by atomic mass is 10.1. The fourth-order valence-corrected chi connectivity index (χ4v) is 1.87. The molecule has 2 atom stereocenters. The molecule has 0 bridgehead atoms. The van der Waals surface area contributed by atoms with Crippen LogP contribution in [-0.4, -0.2) is 34.4 Å². The maximum Gasteiger partial charge on any atom is 0.325 e. The van der Waals surface area contributed by atoms with Crippen LogP contribution in [0.3, 0.4) is 0 Å². The third-order valence-corrected chi connectivity index (χ3v) is 3.07. The number of carbonyl (C=O) groups excluding carboxylic acids is 1. The van der Waals surface area contributed by atoms with Gasteiger partial charge in [-0.2, -0.15) is 8.42 Å². The molecular formula is C5H8O6S2. The fraction of sp³-hybridized carbons (Fsp3) is 0.600. The van der Waals surface area contributed by atoms with E-state index in [0.29, 0.717) is 0 Å². The van der Waals surface area contributed by atoms with Crippen molar-refractivity contribution in [1.29, 1.82) is 0 Å². The van der Waals surface area contributed by atoms with Crippen molar-refractivity contribution in [2.24, 2.45) is 5.92 Å². The van der Waals surface area contributed by atoms with E-state index in [4.69, 9.17) is 9.66 Å². The highest BCUT2D eigenvalue weighted by Crippen LogP contribution is 2.14. The first kappa shape index (κ1) is 12.4. The monoisotopic (exact) mass is 228 g/mol. The molecule has 6 nitrogen and oxygen atoms in total. The van der Waals surface area contributed by atoms with Crippen molar-refractivity contribution < 1.29 is 27.7 Å². The zero-order valence-electron chi connectivity index (χ0n) is 6.54. The number of hydrogen-bond donors (Lipinski definition) is 3. The Balaban J connectivity index is 5.07. The molecule has 0 saturated carbocycles. The van der Waals surface area contributed by atoms with Crippen LogP contribution < -0.4 is 0 Å². The normalized spacial score (nSPS) is 16.2. The molecule has 0 saturated heterocycles.